The van der Waals surface area contributed by atoms with Crippen LogP contribution in [0.4, 0.5) is 0 Å². The fourth-order valence-corrected chi connectivity index (χ4v) is 1.18. The Bertz CT molecular complexity index is 348. The molecule has 0 atom stereocenters. The summed E-state index contributed by atoms with van der Waals surface area (Å²) in [4.78, 5) is 11.2. The first-order valence-electron chi connectivity index (χ1n) is 5.12. The average Bonchev–Trinajstić information content (AvgIpc) is 2.14. The highest BCUT2D eigenvalue weighted by molar-refractivity contribution is 5.94. The number of rotatable bonds is 3. The second-order valence-corrected chi connectivity index (χ2v) is 4.66. The van der Waals surface area contributed by atoms with E-state index in [4.69, 9.17) is 4.74 Å². The molecule has 1 aromatic carbocycles. The quantitative estimate of drug-likeness (QED) is 0.710. The van der Waals surface area contributed by atoms with Crippen LogP contribution in [0.1, 0.15) is 43.6 Å². The zero-order valence-electron chi connectivity index (χ0n) is 9.83. The third kappa shape index (κ3) is 4.26. The van der Waals surface area contributed by atoms with Crippen LogP contribution in [0, 0.1) is 0 Å². The molecule has 0 amide bonds. The van der Waals surface area contributed by atoms with E-state index in [1.54, 1.807) is 6.92 Å². The van der Waals surface area contributed by atoms with E-state index in [0.29, 0.717) is 6.61 Å². The fraction of sp³-hybridized carbons (Fsp3) is 0.462. The smallest absolute Gasteiger partial charge is 0.159 e. The SMILES string of the molecule is CC(=O)c1cccc(COC(C)(C)C)c1. The Kier molecular flexibility index (Phi) is 3.64. The van der Waals surface area contributed by atoms with Crippen LogP contribution >= 0.6 is 0 Å². The lowest BCUT2D eigenvalue weighted by Gasteiger charge is -2.19. The van der Waals surface area contributed by atoms with Crippen LogP contribution in [0.25, 0.3) is 0 Å². The van der Waals surface area contributed by atoms with Crippen molar-refractivity contribution in [3.8, 4) is 0 Å². The molecule has 2 heteroatoms. The van der Waals surface area contributed by atoms with E-state index in [0.717, 1.165) is 11.1 Å². The van der Waals surface area contributed by atoms with E-state index in [1.807, 2.05) is 45.0 Å². The Balaban J connectivity index is 2.70. The van der Waals surface area contributed by atoms with Gasteiger partial charge in [0.05, 0.1) is 12.2 Å². The molecule has 0 heterocycles. The number of Topliss-reactive ketones (excluding diaryl/α,β-unsaturated/α-hetero) is 1. The summed E-state index contributed by atoms with van der Waals surface area (Å²) in [5.74, 6) is 0.0904. The molecule has 0 aromatic heterocycles. The van der Waals surface area contributed by atoms with Gasteiger partial charge in [0.1, 0.15) is 0 Å². The molecule has 2 nitrogen and oxygen atoms in total. The number of benzene rings is 1. The zero-order valence-corrected chi connectivity index (χ0v) is 9.83. The Labute approximate surface area is 91.3 Å². The summed E-state index contributed by atoms with van der Waals surface area (Å²) in [6.07, 6.45) is 0. The molecule has 1 aromatic rings. The van der Waals surface area contributed by atoms with Crippen LogP contribution in [-0.2, 0) is 11.3 Å². The van der Waals surface area contributed by atoms with Crippen molar-refractivity contribution in [2.75, 3.05) is 0 Å². The predicted molar refractivity (Wildman–Crippen MR) is 61.0 cm³/mol. The highest BCUT2D eigenvalue weighted by atomic mass is 16.5. The minimum absolute atomic E-state index is 0.0904. The maximum absolute atomic E-state index is 11.2. The van der Waals surface area contributed by atoms with Gasteiger partial charge in [-0.2, -0.15) is 0 Å². The maximum Gasteiger partial charge on any atom is 0.159 e. The van der Waals surface area contributed by atoms with Gasteiger partial charge in [0.15, 0.2) is 5.78 Å². The Hall–Kier alpha value is -1.15. The summed E-state index contributed by atoms with van der Waals surface area (Å²) in [6, 6.07) is 7.56. The number of hydrogen-bond donors (Lipinski definition) is 0. The van der Waals surface area contributed by atoms with Gasteiger partial charge in [-0.3, -0.25) is 4.79 Å². The van der Waals surface area contributed by atoms with Gasteiger partial charge in [0.25, 0.3) is 0 Å². The molecule has 82 valence electrons. The highest BCUT2D eigenvalue weighted by Gasteiger charge is 2.10. The van der Waals surface area contributed by atoms with Gasteiger partial charge in [-0.05, 0) is 39.3 Å². The van der Waals surface area contributed by atoms with Gasteiger partial charge in [-0.15, -0.1) is 0 Å². The van der Waals surface area contributed by atoms with Crippen molar-refractivity contribution in [2.24, 2.45) is 0 Å². The second kappa shape index (κ2) is 4.58. The molecule has 0 unspecified atom stereocenters. The molecule has 0 N–H and O–H groups in total. The van der Waals surface area contributed by atoms with Crippen molar-refractivity contribution in [1.29, 1.82) is 0 Å². The van der Waals surface area contributed by atoms with Gasteiger partial charge >= 0.3 is 0 Å². The largest absolute Gasteiger partial charge is 0.371 e. The first kappa shape index (κ1) is 11.9. The van der Waals surface area contributed by atoms with E-state index in [-0.39, 0.29) is 11.4 Å². The Morgan fingerprint density at radius 2 is 2.00 bits per heavy atom. The van der Waals surface area contributed by atoms with Crippen LogP contribution in [0.15, 0.2) is 24.3 Å². The average molecular weight is 206 g/mol. The van der Waals surface area contributed by atoms with Crippen LogP contribution in [0.5, 0.6) is 0 Å². The lowest BCUT2D eigenvalue weighted by atomic mass is 10.1. The van der Waals surface area contributed by atoms with Gasteiger partial charge < -0.3 is 4.74 Å². The molecule has 0 saturated carbocycles. The Morgan fingerprint density at radius 3 is 2.53 bits per heavy atom. The molecule has 1 rings (SSSR count). The molecule has 0 saturated heterocycles. The Morgan fingerprint density at radius 1 is 1.33 bits per heavy atom. The van der Waals surface area contributed by atoms with Crippen molar-refractivity contribution in [3.05, 3.63) is 35.4 Å². The van der Waals surface area contributed by atoms with E-state index in [2.05, 4.69) is 0 Å². The van der Waals surface area contributed by atoms with Gasteiger partial charge in [0.2, 0.25) is 0 Å². The van der Waals surface area contributed by atoms with E-state index in [1.165, 1.54) is 0 Å². The van der Waals surface area contributed by atoms with Crippen molar-refractivity contribution in [2.45, 2.75) is 39.9 Å². The number of carbonyl (C=O) groups excluding carboxylic acids is 1. The third-order valence-electron chi connectivity index (χ3n) is 2.01. The van der Waals surface area contributed by atoms with E-state index >= 15 is 0 Å². The standard InChI is InChI=1S/C13H18O2/c1-10(14)12-7-5-6-11(8-12)9-15-13(2,3)4/h5-8H,9H2,1-4H3. The summed E-state index contributed by atoms with van der Waals surface area (Å²) in [6.45, 7) is 8.17. The number of hydrogen-bond acceptors (Lipinski definition) is 2. The molecule has 0 bridgehead atoms. The van der Waals surface area contributed by atoms with Crippen molar-refractivity contribution in [1.82, 2.24) is 0 Å². The number of ether oxygens (including phenoxy) is 1. The molecular formula is C13H18O2. The van der Waals surface area contributed by atoms with Gasteiger partial charge in [0, 0.05) is 5.56 Å². The molecule has 0 aliphatic heterocycles. The molecule has 0 aliphatic rings. The van der Waals surface area contributed by atoms with E-state index in [9.17, 15) is 4.79 Å². The van der Waals surface area contributed by atoms with Crippen molar-refractivity contribution in [3.63, 3.8) is 0 Å². The topological polar surface area (TPSA) is 26.3 Å². The van der Waals surface area contributed by atoms with Gasteiger partial charge in [-0.1, -0.05) is 18.2 Å². The van der Waals surface area contributed by atoms with Crippen LogP contribution in [-0.4, -0.2) is 11.4 Å². The second-order valence-electron chi connectivity index (χ2n) is 4.66. The monoisotopic (exact) mass is 206 g/mol. The lowest BCUT2D eigenvalue weighted by Crippen LogP contribution is -2.18. The summed E-state index contributed by atoms with van der Waals surface area (Å²) in [5, 5.41) is 0. The minimum Gasteiger partial charge on any atom is -0.371 e. The molecule has 0 aliphatic carbocycles. The van der Waals surface area contributed by atoms with Crippen molar-refractivity contribution >= 4 is 5.78 Å². The predicted octanol–water partition coefficient (Wildman–Crippen LogP) is 3.20. The fourth-order valence-electron chi connectivity index (χ4n) is 1.18. The molecular weight excluding hydrogens is 188 g/mol. The number of ketones is 1. The molecule has 15 heavy (non-hydrogen) atoms. The molecule has 0 spiro atoms. The summed E-state index contributed by atoms with van der Waals surface area (Å²) >= 11 is 0. The van der Waals surface area contributed by atoms with Crippen LogP contribution in [0.2, 0.25) is 0 Å². The highest BCUT2D eigenvalue weighted by Crippen LogP contribution is 2.13. The zero-order chi connectivity index (χ0) is 11.5. The first-order chi connectivity index (χ1) is 6.88. The molecule has 0 fully saturated rings. The van der Waals surface area contributed by atoms with Crippen molar-refractivity contribution < 1.29 is 9.53 Å². The summed E-state index contributed by atoms with van der Waals surface area (Å²) in [7, 11) is 0. The minimum atomic E-state index is -0.147. The number of carbonyl (C=O) groups is 1. The lowest BCUT2D eigenvalue weighted by molar-refractivity contribution is -0.0149. The van der Waals surface area contributed by atoms with Crippen LogP contribution in [0.3, 0.4) is 0 Å². The van der Waals surface area contributed by atoms with Gasteiger partial charge in [-0.25, -0.2) is 0 Å². The van der Waals surface area contributed by atoms with E-state index < -0.39 is 0 Å². The van der Waals surface area contributed by atoms with Crippen LogP contribution < -0.4 is 0 Å². The third-order valence-corrected chi connectivity index (χ3v) is 2.01. The summed E-state index contributed by atoms with van der Waals surface area (Å²) in [5.41, 5.74) is 1.63. The first-order valence-corrected chi connectivity index (χ1v) is 5.12. The maximum atomic E-state index is 11.2. The summed E-state index contributed by atoms with van der Waals surface area (Å²) < 4.78 is 5.64. The normalized spacial score (nSPS) is 11.5. The molecule has 0 radical (unpaired) electrons.